The van der Waals surface area contributed by atoms with Gasteiger partial charge in [0, 0.05) is 30.4 Å². The lowest BCUT2D eigenvalue weighted by molar-refractivity contribution is -0.131. The molecule has 4 rings (SSSR count). The molecule has 44 heavy (non-hydrogen) atoms. The van der Waals surface area contributed by atoms with Gasteiger partial charge in [0.05, 0.1) is 6.61 Å². The number of nitrogens with two attached hydrogens (primary N) is 1. The molecule has 1 aliphatic rings. The number of ether oxygens (including phenoxy) is 1. The molecule has 0 aliphatic heterocycles. The van der Waals surface area contributed by atoms with E-state index in [1.165, 1.54) is 11.9 Å². The van der Waals surface area contributed by atoms with Gasteiger partial charge in [0.1, 0.15) is 12.1 Å². The molecule has 6 N–H and O–H groups in total. The first kappa shape index (κ1) is 32.0. The fourth-order valence-electron chi connectivity index (χ4n) is 5.43. The van der Waals surface area contributed by atoms with Crippen LogP contribution in [0.5, 0.6) is 0 Å². The van der Waals surface area contributed by atoms with E-state index in [2.05, 4.69) is 16.0 Å². The van der Waals surface area contributed by atoms with Gasteiger partial charge < -0.3 is 31.5 Å². The van der Waals surface area contributed by atoms with Crippen LogP contribution in [-0.4, -0.2) is 59.6 Å². The van der Waals surface area contributed by atoms with Crippen molar-refractivity contribution in [2.45, 2.75) is 51.5 Å². The number of aliphatic hydroxyl groups excluding tert-OH is 1. The first-order valence-corrected chi connectivity index (χ1v) is 14.6. The van der Waals surface area contributed by atoms with Gasteiger partial charge in [-0.3, -0.25) is 14.5 Å². The van der Waals surface area contributed by atoms with E-state index in [-0.39, 0.29) is 25.5 Å². The molecular formula is C33H39N5O6. The first-order valence-electron chi connectivity index (χ1n) is 14.6. The second-order valence-electron chi connectivity index (χ2n) is 11.1. The highest BCUT2D eigenvalue weighted by atomic mass is 16.6. The molecule has 1 aliphatic carbocycles. The topological polar surface area (TPSA) is 163 Å². The van der Waals surface area contributed by atoms with Gasteiger partial charge in [0.25, 0.3) is 0 Å². The average Bonchev–Trinajstić information content (AvgIpc) is 3.32. The Morgan fingerprint density at radius 1 is 0.909 bits per heavy atom. The second kappa shape index (κ2) is 14.5. The Morgan fingerprint density at radius 2 is 1.50 bits per heavy atom. The zero-order chi connectivity index (χ0) is 31.8. The van der Waals surface area contributed by atoms with Crippen LogP contribution in [0.4, 0.5) is 15.3 Å². The lowest BCUT2D eigenvalue weighted by atomic mass is 10.0. The average molecular weight is 602 g/mol. The number of hydrogen-bond acceptors (Lipinski definition) is 6. The van der Waals surface area contributed by atoms with Gasteiger partial charge in [0.15, 0.2) is 6.10 Å². The minimum absolute atomic E-state index is 0.133. The number of carbonyl (C=O) groups excluding carboxylic acids is 4. The Bertz CT molecular complexity index is 1450. The van der Waals surface area contributed by atoms with Crippen LogP contribution >= 0.6 is 0 Å². The van der Waals surface area contributed by atoms with Gasteiger partial charge in [-0.2, -0.15) is 0 Å². The monoisotopic (exact) mass is 601 g/mol. The number of fused-ring (bicyclic) bond motifs is 3. The van der Waals surface area contributed by atoms with E-state index in [0.29, 0.717) is 17.7 Å². The summed E-state index contributed by atoms with van der Waals surface area (Å²) in [5.74, 6) is -1.31. The normalized spacial score (nSPS) is 13.3. The van der Waals surface area contributed by atoms with Gasteiger partial charge >= 0.3 is 12.1 Å². The van der Waals surface area contributed by atoms with Crippen LogP contribution < -0.4 is 21.7 Å². The summed E-state index contributed by atoms with van der Waals surface area (Å²) in [7, 11) is 1.51. The third kappa shape index (κ3) is 7.54. The number of hydrogen-bond donors (Lipinski definition) is 5. The number of carbonyl (C=O) groups is 4. The largest absolute Gasteiger partial charge is 0.436 e. The van der Waals surface area contributed by atoms with Crippen molar-refractivity contribution >= 4 is 29.6 Å². The molecule has 0 saturated heterocycles. The van der Waals surface area contributed by atoms with E-state index < -0.39 is 42.1 Å². The van der Waals surface area contributed by atoms with Gasteiger partial charge in [-0.1, -0.05) is 74.5 Å². The predicted molar refractivity (Wildman–Crippen MR) is 166 cm³/mol. The Kier molecular flexibility index (Phi) is 10.6. The van der Waals surface area contributed by atoms with E-state index >= 15 is 0 Å². The molecule has 0 spiro atoms. The Labute approximate surface area is 256 Å². The van der Waals surface area contributed by atoms with E-state index in [1.807, 2.05) is 62.4 Å². The fourth-order valence-corrected chi connectivity index (χ4v) is 5.43. The number of anilines is 1. The Balaban J connectivity index is 1.49. The zero-order valence-electron chi connectivity index (χ0n) is 25.1. The van der Waals surface area contributed by atoms with Crippen LogP contribution in [0.25, 0.3) is 11.1 Å². The van der Waals surface area contributed by atoms with Crippen LogP contribution in [0.15, 0.2) is 72.8 Å². The molecule has 5 amide bonds. The van der Waals surface area contributed by atoms with Crippen molar-refractivity contribution in [3.05, 3.63) is 89.5 Å². The fraction of sp³-hybridized carbons (Fsp3) is 0.333. The van der Waals surface area contributed by atoms with Crippen molar-refractivity contribution in [3.8, 4) is 11.1 Å². The second-order valence-corrected chi connectivity index (χ2v) is 11.1. The van der Waals surface area contributed by atoms with Crippen LogP contribution in [0.2, 0.25) is 0 Å². The maximum absolute atomic E-state index is 13.7. The van der Waals surface area contributed by atoms with Crippen LogP contribution in [0, 0.1) is 5.92 Å². The number of amides is 5. The Hall–Kier alpha value is -4.90. The summed E-state index contributed by atoms with van der Waals surface area (Å²) in [5.41, 5.74) is 10.1. The molecule has 11 nitrogen and oxygen atoms in total. The van der Waals surface area contributed by atoms with Gasteiger partial charge in [-0.15, -0.1) is 0 Å². The minimum atomic E-state index is -0.978. The highest BCUT2D eigenvalue weighted by Gasteiger charge is 2.37. The molecule has 0 aromatic heterocycles. The number of nitrogens with zero attached hydrogens (tertiary/aromatic N) is 1. The third-order valence-electron chi connectivity index (χ3n) is 7.61. The molecule has 0 bridgehead atoms. The SMILES string of the molecule is CC(C)C(C(=O)NC(CCCNC(N)=O)C(=O)Nc1ccc(CO)cc1)N(C)C(=O)OC1c2ccccc2-c2ccccc21. The van der Waals surface area contributed by atoms with Crippen molar-refractivity contribution in [1.29, 1.82) is 0 Å². The molecule has 0 radical (unpaired) electrons. The summed E-state index contributed by atoms with van der Waals surface area (Å²) in [6, 6.07) is 19.5. The van der Waals surface area contributed by atoms with Gasteiger partial charge in [0.2, 0.25) is 11.8 Å². The van der Waals surface area contributed by atoms with E-state index in [1.54, 1.807) is 24.3 Å². The predicted octanol–water partition coefficient (Wildman–Crippen LogP) is 3.91. The maximum Gasteiger partial charge on any atom is 0.411 e. The molecule has 2 atom stereocenters. The summed E-state index contributed by atoms with van der Waals surface area (Å²) in [4.78, 5) is 52.9. The molecule has 232 valence electrons. The Morgan fingerprint density at radius 3 is 2.05 bits per heavy atom. The van der Waals surface area contributed by atoms with Crippen molar-refractivity contribution in [1.82, 2.24) is 15.5 Å². The quantitative estimate of drug-likeness (QED) is 0.198. The van der Waals surface area contributed by atoms with Crippen molar-refractivity contribution < 1.29 is 29.0 Å². The van der Waals surface area contributed by atoms with Gasteiger partial charge in [-0.05, 0) is 47.6 Å². The van der Waals surface area contributed by atoms with Crippen LogP contribution in [0.1, 0.15) is 49.5 Å². The number of primary amides is 1. The molecular weight excluding hydrogens is 562 g/mol. The smallest absolute Gasteiger partial charge is 0.411 e. The summed E-state index contributed by atoms with van der Waals surface area (Å²) in [6.45, 7) is 3.70. The van der Waals surface area contributed by atoms with Crippen molar-refractivity contribution in [2.24, 2.45) is 11.7 Å². The van der Waals surface area contributed by atoms with E-state index in [0.717, 1.165) is 22.3 Å². The number of likely N-dealkylation sites (N-methyl/N-ethyl adjacent to an activating group) is 1. The number of urea groups is 1. The van der Waals surface area contributed by atoms with Crippen LogP contribution in [0.3, 0.4) is 0 Å². The highest BCUT2D eigenvalue weighted by molar-refractivity contribution is 5.98. The summed E-state index contributed by atoms with van der Waals surface area (Å²) in [5, 5.41) is 17.4. The first-order chi connectivity index (χ1) is 21.1. The molecule has 2 unspecified atom stereocenters. The summed E-state index contributed by atoms with van der Waals surface area (Å²) < 4.78 is 6.02. The van der Waals surface area contributed by atoms with E-state index in [9.17, 15) is 24.3 Å². The van der Waals surface area contributed by atoms with Crippen molar-refractivity contribution in [2.75, 3.05) is 18.9 Å². The number of nitrogens with one attached hydrogen (secondary N) is 3. The third-order valence-corrected chi connectivity index (χ3v) is 7.61. The highest BCUT2D eigenvalue weighted by Crippen LogP contribution is 2.45. The minimum Gasteiger partial charge on any atom is -0.436 e. The molecule has 3 aromatic carbocycles. The molecule has 0 saturated carbocycles. The number of rotatable bonds is 12. The maximum atomic E-state index is 13.7. The van der Waals surface area contributed by atoms with Crippen molar-refractivity contribution in [3.63, 3.8) is 0 Å². The molecule has 3 aromatic rings. The van der Waals surface area contributed by atoms with Gasteiger partial charge in [-0.25, -0.2) is 9.59 Å². The number of benzene rings is 3. The lowest BCUT2D eigenvalue weighted by Gasteiger charge is -2.32. The zero-order valence-corrected chi connectivity index (χ0v) is 25.1. The molecule has 11 heteroatoms. The molecule has 0 fully saturated rings. The molecule has 0 heterocycles. The van der Waals surface area contributed by atoms with E-state index in [4.69, 9.17) is 10.5 Å². The lowest BCUT2D eigenvalue weighted by Crippen LogP contribution is -2.55. The summed E-state index contributed by atoms with van der Waals surface area (Å²) >= 11 is 0. The number of aliphatic hydroxyl groups is 1. The standard InChI is InChI=1S/C33H39N5O6/c1-20(2)28(38(3)33(43)44-29-25-11-6-4-9-23(25)24-10-5-7-12-26(24)29)31(41)37-27(13-8-18-35-32(34)42)30(40)36-22-16-14-21(19-39)15-17-22/h4-7,9-12,14-17,20,27-29,39H,8,13,18-19H2,1-3H3,(H,36,40)(H,37,41)(H3,34,35,42). The summed E-state index contributed by atoms with van der Waals surface area (Å²) in [6.07, 6.45) is -0.746. The van der Waals surface area contributed by atoms with Crippen LogP contribution in [-0.2, 0) is 20.9 Å².